The second kappa shape index (κ2) is 15.5. The molecule has 286 valence electrons. The SMILES string of the molecule is C1=CC(c2c3nc(c(-c4ccccc4)c4ccc(s4)c(-c4ccccc4)c4nc(c(C5C=CC=C5CN5CCCC5)c5ccc2s5)C=C4)C=C3)C(CN2CCCC2)=C1. The van der Waals surface area contributed by atoms with Crippen LogP contribution in [0.2, 0.25) is 0 Å². The molecule has 3 aromatic heterocycles. The van der Waals surface area contributed by atoms with Crippen LogP contribution in [0.15, 0.2) is 133 Å². The molecule has 6 aliphatic rings. The van der Waals surface area contributed by atoms with Crippen LogP contribution in [0.1, 0.15) is 71.4 Å². The average molecular weight is 791 g/mol. The molecule has 4 aliphatic heterocycles. The number of fused-ring (bicyclic) bond motifs is 8. The van der Waals surface area contributed by atoms with E-state index in [9.17, 15) is 0 Å². The Bertz CT molecular complexity index is 2560. The normalized spacial score (nSPS) is 20.1. The van der Waals surface area contributed by atoms with E-state index in [0.717, 1.165) is 35.9 Å². The summed E-state index contributed by atoms with van der Waals surface area (Å²) in [6.07, 6.45) is 28.4. The van der Waals surface area contributed by atoms with E-state index in [2.05, 4.69) is 155 Å². The van der Waals surface area contributed by atoms with Crippen LogP contribution in [0.3, 0.4) is 0 Å². The number of likely N-dealkylation sites (tertiary alicyclic amines) is 2. The summed E-state index contributed by atoms with van der Waals surface area (Å²) in [7, 11) is 0. The number of rotatable bonds is 8. The summed E-state index contributed by atoms with van der Waals surface area (Å²) < 4.78 is 4.97. The van der Waals surface area contributed by atoms with Gasteiger partial charge in [0.05, 0.1) is 22.8 Å². The van der Waals surface area contributed by atoms with Crippen LogP contribution < -0.4 is 0 Å². The molecule has 2 saturated heterocycles. The van der Waals surface area contributed by atoms with Crippen molar-refractivity contribution >= 4 is 65.8 Å². The maximum atomic E-state index is 5.62. The molecule has 2 atom stereocenters. The van der Waals surface area contributed by atoms with Crippen molar-refractivity contribution in [3.8, 4) is 22.3 Å². The van der Waals surface area contributed by atoms with Gasteiger partial charge < -0.3 is 0 Å². The second-order valence-electron chi connectivity index (χ2n) is 16.2. The zero-order valence-electron chi connectivity index (χ0n) is 32.7. The summed E-state index contributed by atoms with van der Waals surface area (Å²) in [6, 6.07) is 31.0. The van der Waals surface area contributed by atoms with Gasteiger partial charge >= 0.3 is 0 Å². The van der Waals surface area contributed by atoms with E-state index in [4.69, 9.17) is 9.97 Å². The first kappa shape index (κ1) is 35.9. The van der Waals surface area contributed by atoms with E-state index < -0.39 is 0 Å². The molecular formula is C52H46N4S2. The molecule has 2 aliphatic carbocycles. The molecule has 2 unspecified atom stereocenters. The van der Waals surface area contributed by atoms with Crippen molar-refractivity contribution < 1.29 is 0 Å². The van der Waals surface area contributed by atoms with E-state index in [0.29, 0.717) is 0 Å². The van der Waals surface area contributed by atoms with Gasteiger partial charge in [0.25, 0.3) is 0 Å². The van der Waals surface area contributed by atoms with Crippen LogP contribution >= 0.6 is 22.7 Å². The highest BCUT2D eigenvalue weighted by Crippen LogP contribution is 2.45. The van der Waals surface area contributed by atoms with E-state index in [1.54, 1.807) is 0 Å². The minimum Gasteiger partial charge on any atom is -0.299 e. The topological polar surface area (TPSA) is 32.3 Å². The predicted octanol–water partition coefficient (Wildman–Crippen LogP) is 12.8. The smallest absolute Gasteiger partial charge is 0.0730 e. The number of hydrogen-bond donors (Lipinski definition) is 0. The van der Waals surface area contributed by atoms with Crippen molar-refractivity contribution in [3.63, 3.8) is 0 Å². The summed E-state index contributed by atoms with van der Waals surface area (Å²) in [5.41, 5.74) is 14.4. The van der Waals surface area contributed by atoms with Crippen LogP contribution in [-0.2, 0) is 0 Å². The summed E-state index contributed by atoms with van der Waals surface area (Å²) in [4.78, 5) is 16.5. The Balaban J connectivity index is 1.21. The molecule has 0 saturated carbocycles. The van der Waals surface area contributed by atoms with Gasteiger partial charge in [0, 0.05) is 66.0 Å². The van der Waals surface area contributed by atoms with Gasteiger partial charge in [0.1, 0.15) is 0 Å². The monoisotopic (exact) mass is 790 g/mol. The molecule has 0 amide bonds. The van der Waals surface area contributed by atoms with E-state index in [1.807, 2.05) is 22.7 Å². The minimum absolute atomic E-state index is 0.161. The highest BCUT2D eigenvalue weighted by atomic mass is 32.1. The van der Waals surface area contributed by atoms with E-state index in [-0.39, 0.29) is 11.8 Å². The molecule has 11 rings (SSSR count). The number of aromatic nitrogens is 2. The van der Waals surface area contributed by atoms with Gasteiger partial charge in [0.2, 0.25) is 0 Å². The molecule has 6 heteroatoms. The third-order valence-electron chi connectivity index (χ3n) is 12.6. The lowest BCUT2D eigenvalue weighted by Gasteiger charge is -2.21. The fraction of sp³-hybridized carbons (Fsp3) is 0.231. The van der Waals surface area contributed by atoms with Crippen LogP contribution in [0.25, 0.3) is 65.4 Å². The molecule has 0 radical (unpaired) electrons. The highest BCUT2D eigenvalue weighted by molar-refractivity contribution is 7.24. The molecule has 5 aromatic rings. The zero-order valence-corrected chi connectivity index (χ0v) is 34.3. The van der Waals surface area contributed by atoms with Crippen molar-refractivity contribution in [3.05, 3.63) is 166 Å². The summed E-state index contributed by atoms with van der Waals surface area (Å²) in [6.45, 7) is 6.72. The van der Waals surface area contributed by atoms with Crippen LogP contribution in [0.5, 0.6) is 0 Å². The first-order valence-corrected chi connectivity index (χ1v) is 22.6. The van der Waals surface area contributed by atoms with Crippen molar-refractivity contribution in [2.45, 2.75) is 37.5 Å². The lowest BCUT2D eigenvalue weighted by Crippen LogP contribution is -2.23. The third kappa shape index (κ3) is 6.72. The molecule has 8 bridgehead atoms. The van der Waals surface area contributed by atoms with Crippen LogP contribution in [0, 0.1) is 0 Å². The number of benzene rings is 2. The molecule has 4 nitrogen and oxygen atoms in total. The number of hydrogen-bond acceptors (Lipinski definition) is 6. The van der Waals surface area contributed by atoms with Crippen molar-refractivity contribution in [2.24, 2.45) is 0 Å². The lowest BCUT2D eigenvalue weighted by atomic mass is 9.92. The van der Waals surface area contributed by atoms with Gasteiger partial charge in [-0.05, 0) is 123 Å². The maximum absolute atomic E-state index is 5.62. The fourth-order valence-corrected chi connectivity index (χ4v) is 12.1. The molecule has 2 aromatic carbocycles. The fourth-order valence-electron chi connectivity index (χ4n) is 9.76. The number of nitrogens with zero attached hydrogens (tertiary/aromatic N) is 4. The standard InChI is InChI=1S/C52H46N4S2/c1-3-13-35(14-4-1)49-41-21-23-43(53-41)51(39-19-11-17-37(39)33-55-29-7-8-30-55)47-27-28-48(58-47)52(40-20-12-18-38(40)34-56-31-9-10-32-56)44-24-22-42(54-44)50(36-15-5-2-6-16-36)46-26-25-45(49)57-46/h1-6,11-28,39-40H,7-10,29-34H2. The first-order chi connectivity index (χ1) is 28.7. The van der Waals surface area contributed by atoms with E-state index in [1.165, 1.54) is 115 Å². The summed E-state index contributed by atoms with van der Waals surface area (Å²) >= 11 is 3.76. The number of allylic oxidation sites excluding steroid dienone is 6. The van der Waals surface area contributed by atoms with E-state index >= 15 is 0 Å². The highest BCUT2D eigenvalue weighted by Gasteiger charge is 2.29. The van der Waals surface area contributed by atoms with Gasteiger partial charge in [-0.2, -0.15) is 0 Å². The Morgan fingerprint density at radius 1 is 0.466 bits per heavy atom. The Morgan fingerprint density at radius 3 is 1.31 bits per heavy atom. The van der Waals surface area contributed by atoms with Gasteiger partial charge in [-0.3, -0.25) is 9.80 Å². The number of thiophene rings is 2. The molecule has 58 heavy (non-hydrogen) atoms. The Hall–Kier alpha value is -5.24. The molecule has 7 heterocycles. The van der Waals surface area contributed by atoms with Crippen molar-refractivity contribution in [1.29, 1.82) is 0 Å². The van der Waals surface area contributed by atoms with Gasteiger partial charge in [-0.25, -0.2) is 9.97 Å². The summed E-state index contributed by atoms with van der Waals surface area (Å²) in [5, 5.41) is 0. The van der Waals surface area contributed by atoms with Gasteiger partial charge in [-0.15, -0.1) is 22.7 Å². The molecule has 0 N–H and O–H groups in total. The lowest BCUT2D eigenvalue weighted by molar-refractivity contribution is 0.364. The Morgan fingerprint density at radius 2 is 0.862 bits per heavy atom. The van der Waals surface area contributed by atoms with Crippen molar-refractivity contribution in [2.75, 3.05) is 39.3 Å². The molecule has 0 spiro atoms. The average Bonchev–Trinajstić information content (AvgIpc) is 4.10. The predicted molar refractivity (Wildman–Crippen MR) is 248 cm³/mol. The second-order valence-corrected chi connectivity index (χ2v) is 18.4. The van der Waals surface area contributed by atoms with Gasteiger partial charge in [-0.1, -0.05) is 97.1 Å². The summed E-state index contributed by atoms with van der Waals surface area (Å²) in [5.74, 6) is 0.323. The zero-order chi connectivity index (χ0) is 38.4. The molecular weight excluding hydrogens is 745 g/mol. The first-order valence-electron chi connectivity index (χ1n) is 21.0. The molecule has 2 fully saturated rings. The van der Waals surface area contributed by atoms with Crippen LogP contribution in [0.4, 0.5) is 0 Å². The maximum Gasteiger partial charge on any atom is 0.0730 e. The van der Waals surface area contributed by atoms with Crippen LogP contribution in [-0.4, -0.2) is 59.0 Å². The minimum atomic E-state index is 0.161. The Kier molecular flexibility index (Phi) is 9.59. The van der Waals surface area contributed by atoms with Crippen molar-refractivity contribution in [1.82, 2.24) is 19.8 Å². The third-order valence-corrected chi connectivity index (χ3v) is 14.8. The van der Waals surface area contributed by atoms with Gasteiger partial charge in [0.15, 0.2) is 0 Å². The quantitative estimate of drug-likeness (QED) is 0.153. The Labute approximate surface area is 349 Å². The largest absolute Gasteiger partial charge is 0.299 e.